The van der Waals surface area contributed by atoms with Crippen molar-refractivity contribution >= 4 is 37.0 Å². The van der Waals surface area contributed by atoms with Crippen LogP contribution in [0.5, 0.6) is 0 Å². The standard InChI is InChI=1S/C10H14ClNO5S2/c1-16-4-5-17-3-2-12-10(13)8-6-9(18-7-8)19(11,14)15/h6-7H,2-5H2,1H3,(H,12,13). The Balaban J connectivity index is 2.36. The molecule has 108 valence electrons. The van der Waals surface area contributed by atoms with E-state index in [0.29, 0.717) is 26.4 Å². The summed E-state index contributed by atoms with van der Waals surface area (Å²) in [5.41, 5.74) is 0.265. The van der Waals surface area contributed by atoms with E-state index in [1.54, 1.807) is 7.11 Å². The molecular weight excluding hydrogens is 314 g/mol. The van der Waals surface area contributed by atoms with Gasteiger partial charge in [-0.3, -0.25) is 4.79 Å². The lowest BCUT2D eigenvalue weighted by molar-refractivity contribution is 0.0693. The predicted octanol–water partition coefficient (Wildman–Crippen LogP) is 1.07. The number of hydrogen-bond donors (Lipinski definition) is 1. The smallest absolute Gasteiger partial charge is 0.270 e. The van der Waals surface area contributed by atoms with Crippen LogP contribution >= 0.6 is 22.0 Å². The van der Waals surface area contributed by atoms with Crippen molar-refractivity contribution in [3.05, 3.63) is 17.0 Å². The number of amides is 1. The summed E-state index contributed by atoms with van der Waals surface area (Å²) in [7, 11) is 2.97. The Morgan fingerprint density at radius 2 is 2.16 bits per heavy atom. The SMILES string of the molecule is COCCOCCNC(=O)c1csc(S(=O)(=O)Cl)c1. The zero-order valence-corrected chi connectivity index (χ0v) is 12.6. The Morgan fingerprint density at radius 1 is 1.42 bits per heavy atom. The Morgan fingerprint density at radius 3 is 2.74 bits per heavy atom. The predicted molar refractivity (Wildman–Crippen MR) is 72.4 cm³/mol. The molecule has 0 aliphatic rings. The lowest BCUT2D eigenvalue weighted by Crippen LogP contribution is -2.27. The number of ether oxygens (including phenoxy) is 2. The number of hydrogen-bond acceptors (Lipinski definition) is 6. The Hall–Kier alpha value is -0.670. The highest BCUT2D eigenvalue weighted by Gasteiger charge is 2.16. The number of nitrogens with one attached hydrogen (secondary N) is 1. The van der Waals surface area contributed by atoms with Crippen molar-refractivity contribution in [3.63, 3.8) is 0 Å². The van der Waals surface area contributed by atoms with E-state index >= 15 is 0 Å². The van der Waals surface area contributed by atoms with E-state index in [0.717, 1.165) is 11.3 Å². The maximum atomic E-state index is 11.7. The van der Waals surface area contributed by atoms with Crippen LogP contribution in [0.1, 0.15) is 10.4 Å². The van der Waals surface area contributed by atoms with Crippen LogP contribution in [0.2, 0.25) is 0 Å². The number of carbonyl (C=O) groups excluding carboxylic acids is 1. The van der Waals surface area contributed by atoms with E-state index in [2.05, 4.69) is 5.32 Å². The first-order valence-electron chi connectivity index (χ1n) is 5.33. The first-order valence-corrected chi connectivity index (χ1v) is 8.52. The zero-order chi connectivity index (χ0) is 14.3. The number of thiophene rings is 1. The van der Waals surface area contributed by atoms with Crippen molar-refractivity contribution in [3.8, 4) is 0 Å². The largest absolute Gasteiger partial charge is 0.382 e. The summed E-state index contributed by atoms with van der Waals surface area (Å²) in [4.78, 5) is 11.7. The van der Waals surface area contributed by atoms with E-state index < -0.39 is 9.05 Å². The normalized spacial score (nSPS) is 11.5. The second-order valence-electron chi connectivity index (χ2n) is 3.45. The number of rotatable bonds is 8. The molecule has 0 aromatic carbocycles. The molecule has 0 bridgehead atoms. The van der Waals surface area contributed by atoms with Gasteiger partial charge in [-0.2, -0.15) is 0 Å². The lowest BCUT2D eigenvalue weighted by atomic mass is 10.3. The zero-order valence-electron chi connectivity index (χ0n) is 10.2. The molecule has 1 amide bonds. The van der Waals surface area contributed by atoms with Crippen LogP contribution in [0.15, 0.2) is 15.7 Å². The van der Waals surface area contributed by atoms with E-state index in [4.69, 9.17) is 20.2 Å². The van der Waals surface area contributed by atoms with E-state index in [9.17, 15) is 13.2 Å². The molecule has 0 unspecified atom stereocenters. The number of halogens is 1. The van der Waals surface area contributed by atoms with Gasteiger partial charge in [0.2, 0.25) is 0 Å². The van der Waals surface area contributed by atoms with Gasteiger partial charge in [0.15, 0.2) is 0 Å². The number of methoxy groups -OCH3 is 1. The van der Waals surface area contributed by atoms with Crippen LogP contribution in [0.25, 0.3) is 0 Å². The highest BCUT2D eigenvalue weighted by Crippen LogP contribution is 2.23. The molecule has 0 aliphatic carbocycles. The Kier molecular flexibility index (Phi) is 6.73. The molecule has 1 aromatic heterocycles. The van der Waals surface area contributed by atoms with Crippen molar-refractivity contribution in [2.24, 2.45) is 0 Å². The maximum absolute atomic E-state index is 11.7. The van der Waals surface area contributed by atoms with Crippen LogP contribution < -0.4 is 5.32 Å². The molecule has 1 heterocycles. The average molecular weight is 328 g/mol. The molecule has 6 nitrogen and oxygen atoms in total. The minimum Gasteiger partial charge on any atom is -0.382 e. The molecule has 0 aliphatic heterocycles. The van der Waals surface area contributed by atoms with Gasteiger partial charge in [-0.15, -0.1) is 11.3 Å². The average Bonchev–Trinajstić information content (AvgIpc) is 2.82. The summed E-state index contributed by atoms with van der Waals surface area (Å²) in [6.45, 7) is 1.65. The van der Waals surface area contributed by atoms with Crippen LogP contribution in [-0.4, -0.2) is 47.8 Å². The quantitative estimate of drug-likeness (QED) is 0.570. The highest BCUT2D eigenvalue weighted by atomic mass is 35.7. The minimum atomic E-state index is -3.78. The van der Waals surface area contributed by atoms with Crippen LogP contribution in [0.4, 0.5) is 0 Å². The van der Waals surface area contributed by atoms with Crippen LogP contribution in [-0.2, 0) is 18.5 Å². The molecular formula is C10H14ClNO5S2. The van der Waals surface area contributed by atoms with Gasteiger partial charge in [0, 0.05) is 29.7 Å². The third kappa shape index (κ3) is 5.87. The monoisotopic (exact) mass is 327 g/mol. The summed E-state index contributed by atoms with van der Waals surface area (Å²) < 4.78 is 32.0. The van der Waals surface area contributed by atoms with Gasteiger partial charge in [-0.25, -0.2) is 8.42 Å². The lowest BCUT2D eigenvalue weighted by Gasteiger charge is -2.04. The van der Waals surface area contributed by atoms with E-state index in [-0.39, 0.29) is 15.7 Å². The van der Waals surface area contributed by atoms with Crippen molar-refractivity contribution in [2.75, 3.05) is 33.5 Å². The summed E-state index contributed by atoms with van der Waals surface area (Å²) in [6, 6.07) is 1.24. The molecule has 1 N–H and O–H groups in total. The molecule has 19 heavy (non-hydrogen) atoms. The van der Waals surface area contributed by atoms with Gasteiger partial charge >= 0.3 is 0 Å². The molecule has 0 spiro atoms. The van der Waals surface area contributed by atoms with E-state index in [1.807, 2.05) is 0 Å². The molecule has 0 atom stereocenters. The van der Waals surface area contributed by atoms with Crippen LogP contribution in [0, 0.1) is 0 Å². The van der Waals surface area contributed by atoms with Crippen molar-refractivity contribution in [2.45, 2.75) is 4.21 Å². The van der Waals surface area contributed by atoms with E-state index in [1.165, 1.54) is 11.4 Å². The second-order valence-corrected chi connectivity index (χ2v) is 7.16. The van der Waals surface area contributed by atoms with Gasteiger partial charge in [-0.05, 0) is 6.07 Å². The number of carbonyl (C=O) groups is 1. The van der Waals surface area contributed by atoms with Gasteiger partial charge in [0.05, 0.1) is 25.4 Å². The third-order valence-electron chi connectivity index (χ3n) is 2.04. The molecule has 0 saturated heterocycles. The summed E-state index contributed by atoms with van der Waals surface area (Å²) in [5, 5.41) is 4.05. The first-order chi connectivity index (χ1) is 8.95. The molecule has 9 heteroatoms. The van der Waals surface area contributed by atoms with Gasteiger partial charge < -0.3 is 14.8 Å². The summed E-state index contributed by atoms with van der Waals surface area (Å²) >= 11 is 0.907. The highest BCUT2D eigenvalue weighted by molar-refractivity contribution is 8.15. The fourth-order valence-electron chi connectivity index (χ4n) is 1.15. The minimum absolute atomic E-state index is 0.0457. The van der Waals surface area contributed by atoms with Crippen molar-refractivity contribution in [1.82, 2.24) is 5.32 Å². The Bertz CT molecular complexity index is 514. The first kappa shape index (κ1) is 16.4. The Labute approximate surface area is 120 Å². The maximum Gasteiger partial charge on any atom is 0.270 e. The molecule has 0 radical (unpaired) electrons. The molecule has 1 aromatic rings. The second kappa shape index (κ2) is 7.81. The fraction of sp³-hybridized carbons (Fsp3) is 0.500. The van der Waals surface area contributed by atoms with Gasteiger partial charge in [-0.1, -0.05) is 0 Å². The summed E-state index contributed by atoms with van der Waals surface area (Å²) in [6.07, 6.45) is 0. The van der Waals surface area contributed by atoms with Crippen molar-refractivity contribution < 1.29 is 22.7 Å². The summed E-state index contributed by atoms with van der Waals surface area (Å²) in [5.74, 6) is -0.363. The molecule has 0 fully saturated rings. The molecule has 1 rings (SSSR count). The fourth-order valence-corrected chi connectivity index (χ4v) is 3.09. The van der Waals surface area contributed by atoms with Gasteiger partial charge in [0.1, 0.15) is 4.21 Å². The topological polar surface area (TPSA) is 81.7 Å². The van der Waals surface area contributed by atoms with Gasteiger partial charge in [0.25, 0.3) is 15.0 Å². The molecule has 0 saturated carbocycles. The third-order valence-corrected chi connectivity index (χ3v) is 5.08. The van der Waals surface area contributed by atoms with Crippen molar-refractivity contribution in [1.29, 1.82) is 0 Å². The van der Waals surface area contributed by atoms with Crippen LogP contribution in [0.3, 0.4) is 0 Å².